The second kappa shape index (κ2) is 9.93. The van der Waals surface area contributed by atoms with Crippen molar-refractivity contribution in [3.63, 3.8) is 0 Å². The highest BCUT2D eigenvalue weighted by Crippen LogP contribution is 2.40. The van der Waals surface area contributed by atoms with Gasteiger partial charge in [0.15, 0.2) is 11.5 Å². The highest BCUT2D eigenvalue weighted by Gasteiger charge is 2.44. The first-order valence-corrected chi connectivity index (χ1v) is 11.9. The number of aliphatic hydroxyl groups excluding tert-OH is 1. The molecule has 0 radical (unpaired) electrons. The van der Waals surface area contributed by atoms with Crippen molar-refractivity contribution >= 4 is 22.7 Å². The molecule has 1 atom stereocenters. The lowest BCUT2D eigenvalue weighted by Gasteiger charge is -2.31. The van der Waals surface area contributed by atoms with Crippen LogP contribution in [-0.4, -0.2) is 72.6 Å². The van der Waals surface area contributed by atoms with Gasteiger partial charge in [-0.25, -0.2) is 0 Å². The summed E-state index contributed by atoms with van der Waals surface area (Å²) in [7, 11) is 0. The van der Waals surface area contributed by atoms with Crippen molar-refractivity contribution in [2.75, 3.05) is 46.0 Å². The minimum Gasteiger partial charge on any atom is -0.503 e. The van der Waals surface area contributed by atoms with Gasteiger partial charge in [-0.15, -0.1) is 0 Å². The monoisotopic (exact) mass is 476 g/mol. The summed E-state index contributed by atoms with van der Waals surface area (Å²) in [5.74, 6) is -0.893. The number of ether oxygens (including phenoxy) is 2. The van der Waals surface area contributed by atoms with Crippen LogP contribution in [0, 0.1) is 0 Å². The average Bonchev–Trinajstić information content (AvgIpc) is 3.43. The number of morpholine rings is 1. The molecule has 1 N–H and O–H groups in total. The van der Waals surface area contributed by atoms with Gasteiger partial charge < -0.3 is 23.9 Å². The summed E-state index contributed by atoms with van der Waals surface area (Å²) >= 11 is 0. The van der Waals surface area contributed by atoms with Crippen LogP contribution in [0.4, 0.5) is 0 Å². The van der Waals surface area contributed by atoms with E-state index in [1.165, 1.54) is 0 Å². The molecule has 3 aromatic rings. The summed E-state index contributed by atoms with van der Waals surface area (Å²) in [6.45, 7) is 6.18. The van der Waals surface area contributed by atoms with Gasteiger partial charge in [-0.2, -0.15) is 0 Å². The summed E-state index contributed by atoms with van der Waals surface area (Å²) in [6, 6.07) is 15.5. The number of hydrogen-bond donors (Lipinski definition) is 1. The first-order chi connectivity index (χ1) is 17.1. The number of furan rings is 1. The van der Waals surface area contributed by atoms with E-state index in [4.69, 9.17) is 13.9 Å². The van der Waals surface area contributed by atoms with Crippen LogP contribution in [0.25, 0.3) is 11.0 Å². The number of hydrogen-bond acceptors (Lipinski definition) is 7. The lowest BCUT2D eigenvalue weighted by atomic mass is 9.95. The first kappa shape index (κ1) is 23.1. The molecule has 1 amide bonds. The minimum atomic E-state index is -0.760. The molecule has 1 unspecified atom stereocenters. The molecule has 2 aromatic carbocycles. The van der Waals surface area contributed by atoms with Gasteiger partial charge in [-0.1, -0.05) is 30.3 Å². The third kappa shape index (κ3) is 4.54. The normalized spacial score (nSPS) is 19.1. The van der Waals surface area contributed by atoms with E-state index in [-0.39, 0.29) is 11.3 Å². The molecule has 1 fully saturated rings. The Morgan fingerprint density at radius 3 is 2.66 bits per heavy atom. The van der Waals surface area contributed by atoms with Crippen molar-refractivity contribution in [2.45, 2.75) is 13.0 Å². The molecule has 0 aliphatic carbocycles. The molecule has 35 heavy (non-hydrogen) atoms. The van der Waals surface area contributed by atoms with Gasteiger partial charge >= 0.3 is 0 Å². The number of carbonyl (C=O) groups excluding carboxylic acids is 2. The number of ketones is 1. The van der Waals surface area contributed by atoms with Gasteiger partial charge in [0.2, 0.25) is 5.78 Å². The number of carbonyl (C=O) groups is 2. The second-order valence-electron chi connectivity index (χ2n) is 8.60. The van der Waals surface area contributed by atoms with E-state index in [0.717, 1.165) is 18.5 Å². The summed E-state index contributed by atoms with van der Waals surface area (Å²) < 4.78 is 16.9. The molecule has 8 heteroatoms. The van der Waals surface area contributed by atoms with Crippen LogP contribution in [0.3, 0.4) is 0 Å². The summed E-state index contributed by atoms with van der Waals surface area (Å²) in [5, 5.41) is 11.7. The summed E-state index contributed by atoms with van der Waals surface area (Å²) in [6.07, 6.45) is 0. The van der Waals surface area contributed by atoms with Crippen molar-refractivity contribution in [2.24, 2.45) is 0 Å². The van der Waals surface area contributed by atoms with Crippen molar-refractivity contribution in [3.8, 4) is 5.75 Å². The number of fused-ring (bicyclic) bond motifs is 1. The second-order valence-corrected chi connectivity index (χ2v) is 8.60. The predicted octanol–water partition coefficient (Wildman–Crippen LogP) is 3.74. The van der Waals surface area contributed by atoms with Gasteiger partial charge in [0.1, 0.15) is 11.3 Å². The number of benzene rings is 2. The van der Waals surface area contributed by atoms with Crippen LogP contribution >= 0.6 is 0 Å². The van der Waals surface area contributed by atoms with Gasteiger partial charge in [0, 0.05) is 31.6 Å². The lowest BCUT2D eigenvalue weighted by Crippen LogP contribution is -2.43. The Morgan fingerprint density at radius 2 is 1.89 bits per heavy atom. The number of para-hydroxylation sites is 1. The van der Waals surface area contributed by atoms with E-state index in [9.17, 15) is 14.7 Å². The number of Topliss-reactive ketones (excluding diaryl/α,β-unsaturated/α-hetero) is 1. The summed E-state index contributed by atoms with van der Waals surface area (Å²) in [5.41, 5.74) is 1.28. The van der Waals surface area contributed by atoms with Crippen LogP contribution in [0.15, 0.2) is 70.3 Å². The van der Waals surface area contributed by atoms with Crippen LogP contribution in [-0.2, 0) is 9.53 Å². The van der Waals surface area contributed by atoms with Crippen LogP contribution in [0.5, 0.6) is 5.75 Å². The van der Waals surface area contributed by atoms with Gasteiger partial charge in [0.05, 0.1) is 31.4 Å². The molecule has 3 heterocycles. The minimum absolute atomic E-state index is 0.0182. The maximum atomic E-state index is 13.7. The smallest absolute Gasteiger partial charge is 0.290 e. The fourth-order valence-electron chi connectivity index (χ4n) is 4.70. The molecule has 2 aliphatic heterocycles. The maximum absolute atomic E-state index is 13.7. The van der Waals surface area contributed by atoms with E-state index in [1.807, 2.05) is 49.4 Å². The highest BCUT2D eigenvalue weighted by atomic mass is 16.5. The average molecular weight is 477 g/mol. The zero-order chi connectivity index (χ0) is 24.4. The molecule has 2 aliphatic rings. The molecule has 1 aromatic heterocycles. The van der Waals surface area contributed by atoms with Gasteiger partial charge in [-0.3, -0.25) is 14.5 Å². The van der Waals surface area contributed by atoms with E-state index >= 15 is 0 Å². The Labute approximate surface area is 203 Å². The maximum Gasteiger partial charge on any atom is 0.290 e. The predicted molar refractivity (Wildman–Crippen MR) is 130 cm³/mol. The number of rotatable bonds is 8. The van der Waals surface area contributed by atoms with E-state index < -0.39 is 23.5 Å². The molecule has 0 saturated carbocycles. The third-order valence-electron chi connectivity index (χ3n) is 6.44. The SMILES string of the molecule is CCOc1cccc(C2C(C(=O)c3cc4ccccc4o3)=C(O)C(=O)N2CCN2CCOCC2)c1. The van der Waals surface area contributed by atoms with Crippen molar-refractivity contribution in [1.82, 2.24) is 9.80 Å². The zero-order valence-corrected chi connectivity index (χ0v) is 19.6. The Bertz CT molecular complexity index is 1240. The lowest BCUT2D eigenvalue weighted by molar-refractivity contribution is -0.129. The third-order valence-corrected chi connectivity index (χ3v) is 6.44. The molecule has 0 bridgehead atoms. The topological polar surface area (TPSA) is 92.5 Å². The van der Waals surface area contributed by atoms with E-state index in [0.29, 0.717) is 49.8 Å². The molecule has 0 spiro atoms. The Hall–Kier alpha value is -3.62. The van der Waals surface area contributed by atoms with Gasteiger partial charge in [-0.05, 0) is 36.8 Å². The fraction of sp³-hybridized carbons (Fsp3) is 0.333. The van der Waals surface area contributed by atoms with E-state index in [1.54, 1.807) is 17.0 Å². The molecule has 182 valence electrons. The quantitative estimate of drug-likeness (QED) is 0.495. The number of amides is 1. The fourth-order valence-corrected chi connectivity index (χ4v) is 4.70. The molecule has 5 rings (SSSR count). The van der Waals surface area contributed by atoms with Crippen LogP contribution < -0.4 is 4.74 Å². The zero-order valence-electron chi connectivity index (χ0n) is 19.6. The molecule has 1 saturated heterocycles. The highest BCUT2D eigenvalue weighted by molar-refractivity contribution is 6.16. The van der Waals surface area contributed by atoms with Crippen molar-refractivity contribution in [1.29, 1.82) is 0 Å². The van der Waals surface area contributed by atoms with Crippen LogP contribution in [0.1, 0.15) is 29.1 Å². The Balaban J connectivity index is 1.51. The largest absolute Gasteiger partial charge is 0.503 e. The van der Waals surface area contributed by atoms with Crippen LogP contribution in [0.2, 0.25) is 0 Å². The summed E-state index contributed by atoms with van der Waals surface area (Å²) in [4.78, 5) is 30.7. The van der Waals surface area contributed by atoms with Gasteiger partial charge in [0.25, 0.3) is 5.91 Å². The number of nitrogens with zero attached hydrogens (tertiary/aromatic N) is 2. The van der Waals surface area contributed by atoms with E-state index in [2.05, 4.69) is 4.90 Å². The molecule has 8 nitrogen and oxygen atoms in total. The standard InChI is InChI=1S/C27H28N2O6/c1-2-34-20-8-5-7-19(16-20)24-23(25(30)22-17-18-6-3-4-9-21(18)35-22)26(31)27(32)29(24)11-10-28-12-14-33-15-13-28/h3-9,16-17,24,31H,2,10-15H2,1H3. The Kier molecular flexibility index (Phi) is 6.57. The molecular formula is C27H28N2O6. The molecular weight excluding hydrogens is 448 g/mol. The van der Waals surface area contributed by atoms with Crippen molar-refractivity contribution < 1.29 is 28.6 Å². The Morgan fingerprint density at radius 1 is 1.09 bits per heavy atom. The van der Waals surface area contributed by atoms with Crippen molar-refractivity contribution in [3.05, 3.63) is 77.3 Å². The number of aliphatic hydroxyl groups is 1. The first-order valence-electron chi connectivity index (χ1n) is 11.9.